The molecule has 2 N–H and O–H groups in total. The van der Waals surface area contributed by atoms with Crippen molar-refractivity contribution in [2.75, 3.05) is 13.1 Å². The Bertz CT molecular complexity index is 692. The fourth-order valence-corrected chi connectivity index (χ4v) is 5.87. The maximum atomic E-state index is 13.3. The topological polar surface area (TPSA) is 75.3 Å². The second-order valence-electron chi connectivity index (χ2n) is 7.03. The second kappa shape index (κ2) is 8.06. The number of nitrogens with one attached hydrogen (secondary N) is 2. The molecule has 0 aromatic heterocycles. The maximum Gasteiger partial charge on any atom is 0.242 e. The lowest BCUT2D eigenvalue weighted by Crippen LogP contribution is -2.56. The molecule has 0 spiro atoms. The predicted octanol–water partition coefficient (Wildman–Crippen LogP) is 2.37. The zero-order valence-corrected chi connectivity index (χ0v) is 16.2. The lowest BCUT2D eigenvalue weighted by atomic mass is 10.0. The number of carbonyl (C=O) groups is 1. The predicted molar refractivity (Wildman–Crippen MR) is 101 cm³/mol. The highest BCUT2D eigenvalue weighted by Crippen LogP contribution is 2.41. The van der Waals surface area contributed by atoms with Gasteiger partial charge in [0.05, 0.1) is 4.90 Å². The average molecular weight is 387 g/mol. The van der Waals surface area contributed by atoms with Crippen LogP contribution in [0.4, 0.5) is 0 Å². The van der Waals surface area contributed by atoms with Gasteiger partial charge in [0.25, 0.3) is 0 Å². The van der Waals surface area contributed by atoms with Gasteiger partial charge < -0.3 is 10.6 Å². The van der Waals surface area contributed by atoms with Crippen LogP contribution in [-0.2, 0) is 14.6 Å². The Morgan fingerprint density at radius 1 is 1.16 bits per heavy atom. The fourth-order valence-electron chi connectivity index (χ4n) is 3.80. The summed E-state index contributed by atoms with van der Waals surface area (Å²) >= 11 is 0. The summed E-state index contributed by atoms with van der Waals surface area (Å²) in [5, 5.41) is 6.26. The van der Waals surface area contributed by atoms with E-state index in [-0.39, 0.29) is 29.3 Å². The monoisotopic (exact) mass is 386 g/mol. The number of amides is 1. The van der Waals surface area contributed by atoms with E-state index in [0.717, 1.165) is 37.8 Å². The third-order valence-electron chi connectivity index (χ3n) is 5.30. The molecule has 3 rings (SSSR count). The first kappa shape index (κ1) is 20.2. The first-order valence-corrected chi connectivity index (χ1v) is 10.3. The Labute approximate surface area is 156 Å². The Morgan fingerprint density at radius 2 is 1.80 bits per heavy atom. The minimum absolute atomic E-state index is 0. The van der Waals surface area contributed by atoms with Crippen LogP contribution in [0.5, 0.6) is 0 Å². The molecule has 1 aromatic rings. The fraction of sp³-hybridized carbons (Fsp3) is 0.611. The molecule has 1 atom stereocenters. The standard InChI is InChI=1S/C18H26N2O3S.ClH/c1-14-6-8-16(9-7-14)24(22,23)18(10-2-3-11-18)17(21)20-15-5-4-12-19-13-15;/h6-9,15,19H,2-5,10-13H2,1H3,(H,20,21);1H/t15-;/m0./s1. The van der Waals surface area contributed by atoms with E-state index >= 15 is 0 Å². The molecule has 1 aromatic carbocycles. The summed E-state index contributed by atoms with van der Waals surface area (Å²) in [4.78, 5) is 13.3. The summed E-state index contributed by atoms with van der Waals surface area (Å²) in [5.74, 6) is -0.311. The molecule has 0 bridgehead atoms. The van der Waals surface area contributed by atoms with Crippen LogP contribution >= 0.6 is 12.4 Å². The summed E-state index contributed by atoms with van der Waals surface area (Å²) in [5.41, 5.74) is 1.01. The number of halogens is 1. The highest BCUT2D eigenvalue weighted by molar-refractivity contribution is 7.93. The lowest BCUT2D eigenvalue weighted by Gasteiger charge is -2.31. The normalized spacial score (nSPS) is 22.8. The minimum atomic E-state index is -3.70. The van der Waals surface area contributed by atoms with Crippen LogP contribution in [0.3, 0.4) is 0 Å². The van der Waals surface area contributed by atoms with Crippen molar-refractivity contribution in [3.05, 3.63) is 29.8 Å². The molecule has 1 saturated carbocycles. The molecule has 0 radical (unpaired) electrons. The van der Waals surface area contributed by atoms with Gasteiger partial charge in [0.1, 0.15) is 0 Å². The lowest BCUT2D eigenvalue weighted by molar-refractivity contribution is -0.124. The van der Waals surface area contributed by atoms with Gasteiger partial charge in [-0.3, -0.25) is 4.79 Å². The molecule has 0 unspecified atom stereocenters. The van der Waals surface area contributed by atoms with Crippen molar-refractivity contribution in [2.45, 2.75) is 61.1 Å². The van der Waals surface area contributed by atoms with Crippen molar-refractivity contribution in [3.63, 3.8) is 0 Å². The summed E-state index contributed by atoms with van der Waals surface area (Å²) in [6.07, 6.45) is 4.29. The van der Waals surface area contributed by atoms with Gasteiger partial charge in [-0.2, -0.15) is 0 Å². The first-order valence-electron chi connectivity index (χ1n) is 8.79. The van der Waals surface area contributed by atoms with Crippen molar-refractivity contribution in [2.24, 2.45) is 0 Å². The molecule has 1 heterocycles. The van der Waals surface area contributed by atoms with Gasteiger partial charge >= 0.3 is 0 Å². The average Bonchev–Trinajstić information content (AvgIpc) is 3.08. The van der Waals surface area contributed by atoms with Crippen molar-refractivity contribution in [1.29, 1.82) is 0 Å². The molecular weight excluding hydrogens is 360 g/mol. The van der Waals surface area contributed by atoms with E-state index in [1.165, 1.54) is 0 Å². The van der Waals surface area contributed by atoms with Crippen LogP contribution in [0.2, 0.25) is 0 Å². The van der Waals surface area contributed by atoms with Crippen LogP contribution in [0, 0.1) is 6.92 Å². The molecule has 25 heavy (non-hydrogen) atoms. The molecule has 2 fully saturated rings. The van der Waals surface area contributed by atoms with Crippen molar-refractivity contribution in [3.8, 4) is 0 Å². The van der Waals surface area contributed by atoms with E-state index < -0.39 is 14.6 Å². The number of rotatable bonds is 4. The highest BCUT2D eigenvalue weighted by atomic mass is 35.5. The first-order chi connectivity index (χ1) is 11.5. The maximum absolute atomic E-state index is 13.3. The third kappa shape index (κ3) is 3.86. The number of carbonyl (C=O) groups excluding carboxylic acids is 1. The summed E-state index contributed by atoms with van der Waals surface area (Å²) in [6, 6.07) is 6.86. The molecule has 2 aliphatic rings. The molecule has 140 valence electrons. The van der Waals surface area contributed by atoms with E-state index in [1.54, 1.807) is 24.3 Å². The SMILES string of the molecule is Cc1ccc(S(=O)(=O)C2(C(=O)N[C@H]3CCCNC3)CCCC2)cc1.Cl. The number of hydrogen-bond acceptors (Lipinski definition) is 4. The molecule has 1 aliphatic heterocycles. The van der Waals surface area contributed by atoms with Crippen LogP contribution in [0.25, 0.3) is 0 Å². The Morgan fingerprint density at radius 3 is 2.36 bits per heavy atom. The van der Waals surface area contributed by atoms with Crippen LogP contribution in [0.15, 0.2) is 29.2 Å². The van der Waals surface area contributed by atoms with Crippen molar-refractivity contribution >= 4 is 28.2 Å². The van der Waals surface area contributed by atoms with E-state index in [0.29, 0.717) is 19.4 Å². The summed E-state index contributed by atoms with van der Waals surface area (Å²) in [7, 11) is -3.70. The smallest absolute Gasteiger partial charge is 0.242 e. The number of piperidine rings is 1. The third-order valence-corrected chi connectivity index (χ3v) is 7.82. The molecule has 7 heteroatoms. The van der Waals surface area contributed by atoms with Crippen molar-refractivity contribution in [1.82, 2.24) is 10.6 Å². The van der Waals surface area contributed by atoms with E-state index in [9.17, 15) is 13.2 Å². The largest absolute Gasteiger partial charge is 0.351 e. The quantitative estimate of drug-likeness (QED) is 0.833. The van der Waals surface area contributed by atoms with Gasteiger partial charge in [0, 0.05) is 12.6 Å². The van der Waals surface area contributed by atoms with Gasteiger partial charge in [-0.25, -0.2) is 8.42 Å². The van der Waals surface area contributed by atoms with E-state index in [4.69, 9.17) is 0 Å². The van der Waals surface area contributed by atoms with Gasteiger partial charge in [0.15, 0.2) is 14.6 Å². The highest BCUT2D eigenvalue weighted by Gasteiger charge is 2.53. The minimum Gasteiger partial charge on any atom is -0.351 e. The van der Waals surface area contributed by atoms with E-state index in [2.05, 4.69) is 10.6 Å². The van der Waals surface area contributed by atoms with Crippen LogP contribution in [0.1, 0.15) is 44.1 Å². The Kier molecular flexibility index (Phi) is 6.51. The Balaban J connectivity index is 0.00000225. The molecule has 1 saturated heterocycles. The molecule has 1 aliphatic carbocycles. The van der Waals surface area contributed by atoms with Gasteiger partial charge in [0.2, 0.25) is 5.91 Å². The Hall–Kier alpha value is -1.11. The van der Waals surface area contributed by atoms with Gasteiger partial charge in [-0.05, 0) is 51.3 Å². The summed E-state index contributed by atoms with van der Waals surface area (Å²) < 4.78 is 25.2. The van der Waals surface area contributed by atoms with Gasteiger partial charge in [-0.15, -0.1) is 12.4 Å². The van der Waals surface area contributed by atoms with Crippen molar-refractivity contribution < 1.29 is 13.2 Å². The summed E-state index contributed by atoms with van der Waals surface area (Å²) in [6.45, 7) is 3.59. The molecule has 1 amide bonds. The van der Waals surface area contributed by atoms with Gasteiger partial charge in [-0.1, -0.05) is 30.5 Å². The number of sulfone groups is 1. The number of benzene rings is 1. The zero-order valence-electron chi connectivity index (χ0n) is 14.6. The van der Waals surface area contributed by atoms with Crippen LogP contribution < -0.4 is 10.6 Å². The van der Waals surface area contributed by atoms with E-state index in [1.807, 2.05) is 6.92 Å². The number of hydrogen-bond donors (Lipinski definition) is 2. The van der Waals surface area contributed by atoms with Crippen LogP contribution in [-0.4, -0.2) is 38.2 Å². The molecular formula is C18H27ClN2O3S. The number of aryl methyl sites for hydroxylation is 1. The second-order valence-corrected chi connectivity index (χ2v) is 9.29. The zero-order chi connectivity index (χ0) is 17.2. The molecule has 5 nitrogen and oxygen atoms in total.